The van der Waals surface area contributed by atoms with Gasteiger partial charge in [0.1, 0.15) is 5.75 Å². The predicted octanol–water partition coefficient (Wildman–Crippen LogP) is 10.1. The van der Waals surface area contributed by atoms with Crippen molar-refractivity contribution in [2.75, 3.05) is 7.11 Å². The molecule has 0 bridgehead atoms. The van der Waals surface area contributed by atoms with Crippen molar-refractivity contribution in [1.29, 1.82) is 0 Å². The number of ether oxygens (including phenoxy) is 1. The minimum absolute atomic E-state index is 0.112. The van der Waals surface area contributed by atoms with Crippen LogP contribution >= 0.6 is 15.8 Å². The number of rotatable bonds is 8. The maximum absolute atomic E-state index is 15.7. The Morgan fingerprint density at radius 2 is 1.02 bits per heavy atom. The first-order valence-corrected chi connectivity index (χ1v) is 18.6. The van der Waals surface area contributed by atoms with E-state index in [1.54, 1.807) is 79.7 Å². The Bertz CT molecular complexity index is 1930. The molecule has 1 nitrogen and oxygen atoms in total. The molecule has 9 heteroatoms. The number of alkyl halides is 6. The van der Waals surface area contributed by atoms with Crippen LogP contribution in [0.15, 0.2) is 150 Å². The second-order valence-electron chi connectivity index (χ2n) is 12.3. The summed E-state index contributed by atoms with van der Waals surface area (Å²) in [6, 6.07) is 40.4. The van der Waals surface area contributed by atoms with Crippen LogP contribution in [0.25, 0.3) is 5.57 Å². The lowest BCUT2D eigenvalue weighted by Gasteiger charge is -2.40. The van der Waals surface area contributed by atoms with Crippen LogP contribution in [0.1, 0.15) is 24.5 Å². The first kappa shape index (κ1) is 35.6. The Labute approximate surface area is 290 Å². The van der Waals surface area contributed by atoms with Crippen molar-refractivity contribution in [2.24, 2.45) is 5.41 Å². The first-order valence-electron chi connectivity index (χ1n) is 15.9. The molecule has 0 aromatic heterocycles. The topological polar surface area (TPSA) is 9.23 Å². The summed E-state index contributed by atoms with van der Waals surface area (Å²) in [6.07, 6.45) is -10.3. The van der Waals surface area contributed by atoms with Crippen molar-refractivity contribution in [3.8, 4) is 5.75 Å². The molecule has 0 heterocycles. The lowest BCUT2D eigenvalue weighted by molar-refractivity contribution is -0.200. The van der Waals surface area contributed by atoms with Gasteiger partial charge in [0.2, 0.25) is 0 Å². The van der Waals surface area contributed by atoms with E-state index in [0.717, 1.165) is 17.5 Å². The Hall–Kier alpha value is -4.18. The van der Waals surface area contributed by atoms with Crippen LogP contribution in [0.4, 0.5) is 26.3 Å². The predicted molar refractivity (Wildman–Crippen MR) is 195 cm³/mol. The zero-order valence-corrected chi connectivity index (χ0v) is 29.3. The molecule has 1 atom stereocenters. The average molecular weight is 719 g/mol. The molecule has 1 unspecified atom stereocenters. The molecule has 256 valence electrons. The highest BCUT2D eigenvalue weighted by Crippen LogP contribution is 2.62. The number of hydrogen-bond donors (Lipinski definition) is 0. The van der Waals surface area contributed by atoms with E-state index in [1.807, 2.05) is 60.7 Å². The summed E-state index contributed by atoms with van der Waals surface area (Å²) in [4.78, 5) is 0. The highest BCUT2D eigenvalue weighted by Gasteiger charge is 2.56. The summed E-state index contributed by atoms with van der Waals surface area (Å²) in [5.74, 6) is 0.348. The highest BCUT2D eigenvalue weighted by atomic mass is 31.1. The molecule has 6 rings (SSSR count). The summed E-state index contributed by atoms with van der Waals surface area (Å²) in [5, 5.41) is 3.81. The minimum atomic E-state index is -5.11. The van der Waals surface area contributed by atoms with Crippen LogP contribution in [0, 0.1) is 12.3 Å². The largest absolute Gasteiger partial charge is 0.496 e. The third kappa shape index (κ3) is 6.91. The Morgan fingerprint density at radius 3 is 1.40 bits per heavy atom. The molecule has 1 aliphatic rings. The van der Waals surface area contributed by atoms with Gasteiger partial charge in [0.05, 0.1) is 18.1 Å². The lowest BCUT2D eigenvalue weighted by atomic mass is 9.75. The molecule has 0 radical (unpaired) electrons. The highest BCUT2D eigenvalue weighted by molar-refractivity contribution is 7.80. The van der Waals surface area contributed by atoms with E-state index >= 15 is 26.3 Å². The van der Waals surface area contributed by atoms with E-state index in [2.05, 4.69) is 0 Å². The number of hydrogen-bond acceptors (Lipinski definition) is 1. The maximum Gasteiger partial charge on any atom is 0.416 e. The molecule has 0 saturated heterocycles. The second kappa shape index (κ2) is 14.2. The number of halogens is 6. The van der Waals surface area contributed by atoms with E-state index in [9.17, 15) is 0 Å². The normalized spacial score (nSPS) is 16.9. The summed E-state index contributed by atoms with van der Waals surface area (Å²) in [5.41, 5.74) is -3.59. The molecule has 0 N–H and O–H groups in total. The third-order valence-corrected chi connectivity index (χ3v) is 14.0. The molecule has 0 saturated carbocycles. The molecule has 5 aromatic rings. The summed E-state index contributed by atoms with van der Waals surface area (Å²) in [6.45, 7) is 2.57. The van der Waals surface area contributed by atoms with Gasteiger partial charge in [-0.25, -0.2) is 0 Å². The van der Waals surface area contributed by atoms with Crippen molar-refractivity contribution in [1.82, 2.24) is 0 Å². The van der Waals surface area contributed by atoms with Crippen molar-refractivity contribution in [2.45, 2.75) is 32.6 Å². The van der Waals surface area contributed by atoms with Gasteiger partial charge in [-0.05, 0) is 96.8 Å². The molecule has 1 aliphatic carbocycles. The first-order chi connectivity index (χ1) is 23.8. The Balaban J connectivity index is 1.81. The molecule has 0 amide bonds. The van der Waals surface area contributed by atoms with Crippen LogP contribution in [0.5, 0.6) is 5.75 Å². The van der Waals surface area contributed by atoms with E-state index in [-0.39, 0.29) is 16.5 Å². The Morgan fingerprint density at radius 1 is 0.600 bits per heavy atom. The molecule has 5 aromatic carbocycles. The van der Waals surface area contributed by atoms with Gasteiger partial charge in [0.25, 0.3) is 0 Å². The van der Waals surface area contributed by atoms with Crippen LogP contribution in [-0.4, -0.2) is 19.5 Å². The summed E-state index contributed by atoms with van der Waals surface area (Å²) >= 11 is 0. The van der Waals surface area contributed by atoms with E-state index in [4.69, 9.17) is 4.74 Å². The zero-order valence-electron chi connectivity index (χ0n) is 27.6. The fourth-order valence-corrected chi connectivity index (χ4v) is 11.8. The van der Waals surface area contributed by atoms with Crippen LogP contribution in [0.3, 0.4) is 0 Å². The number of allylic oxidation sites excluding steroid dienone is 4. The standard InChI is InChI=1S/C41H34F6OP2/c1-28-34(48-3)24-25-35(49(29-16-8-4-9-17-29)30-18-10-5-11-19-30)37(28)38-33(40(42,43)44)26-39(2,41(45,46)47)27-36(38)50(31-20-12-6-13-21-31)32-22-14-7-15-23-32/h4-26H,27H2,1-3H3. The molecular weight excluding hydrogens is 684 g/mol. The number of benzene rings is 5. The van der Waals surface area contributed by atoms with Crippen molar-refractivity contribution < 1.29 is 31.1 Å². The van der Waals surface area contributed by atoms with E-state index in [1.165, 1.54) is 7.11 Å². The maximum atomic E-state index is 15.7. The molecule has 0 spiro atoms. The minimum Gasteiger partial charge on any atom is -0.496 e. The monoisotopic (exact) mass is 718 g/mol. The van der Waals surface area contributed by atoms with E-state index < -0.39 is 45.6 Å². The SMILES string of the molecule is COc1ccc(P(c2ccccc2)c2ccccc2)c(C2=C(P(c3ccccc3)c3ccccc3)CC(C)(C(F)(F)F)C=C2C(F)(F)F)c1C. The summed E-state index contributed by atoms with van der Waals surface area (Å²) < 4.78 is 97.9. The Kier molecular flexibility index (Phi) is 10.1. The van der Waals surface area contributed by atoms with Gasteiger partial charge >= 0.3 is 12.4 Å². The third-order valence-electron chi connectivity index (χ3n) is 8.94. The van der Waals surface area contributed by atoms with Crippen LogP contribution in [0.2, 0.25) is 0 Å². The number of methoxy groups -OCH3 is 1. The van der Waals surface area contributed by atoms with Gasteiger partial charge < -0.3 is 4.74 Å². The van der Waals surface area contributed by atoms with E-state index in [0.29, 0.717) is 33.3 Å². The fourth-order valence-electron chi connectivity index (χ4n) is 6.51. The molecule has 0 aliphatic heterocycles. The quantitative estimate of drug-likeness (QED) is 0.115. The van der Waals surface area contributed by atoms with Gasteiger partial charge in [-0.1, -0.05) is 127 Å². The van der Waals surface area contributed by atoms with Crippen LogP contribution in [-0.2, 0) is 0 Å². The van der Waals surface area contributed by atoms with Crippen LogP contribution < -0.4 is 31.3 Å². The fraction of sp³-hybridized carbons (Fsp3) is 0.171. The van der Waals surface area contributed by atoms with Gasteiger partial charge in [-0.15, -0.1) is 0 Å². The molecule has 0 fully saturated rings. The molecule has 50 heavy (non-hydrogen) atoms. The lowest BCUT2D eigenvalue weighted by Crippen LogP contribution is -2.39. The van der Waals surface area contributed by atoms with Gasteiger partial charge in [0.15, 0.2) is 0 Å². The van der Waals surface area contributed by atoms with Crippen molar-refractivity contribution in [3.63, 3.8) is 0 Å². The zero-order chi connectivity index (χ0) is 35.7. The van der Waals surface area contributed by atoms with Gasteiger partial charge in [-0.3, -0.25) is 0 Å². The smallest absolute Gasteiger partial charge is 0.416 e. The van der Waals surface area contributed by atoms with Crippen molar-refractivity contribution >= 4 is 47.9 Å². The van der Waals surface area contributed by atoms with Gasteiger partial charge in [0, 0.05) is 0 Å². The average Bonchev–Trinajstić information content (AvgIpc) is 3.10. The van der Waals surface area contributed by atoms with Gasteiger partial charge in [-0.2, -0.15) is 26.3 Å². The summed E-state index contributed by atoms with van der Waals surface area (Å²) in [7, 11) is -1.90. The van der Waals surface area contributed by atoms with Crippen molar-refractivity contribution in [3.05, 3.63) is 162 Å². The second-order valence-corrected chi connectivity index (χ2v) is 16.7. The molecular formula is C41H34F6OP2.